The molecule has 3 atom stereocenters. The number of ether oxygens (including phenoxy) is 2. The maximum atomic E-state index is 6.19. The van der Waals surface area contributed by atoms with Crippen molar-refractivity contribution in [3.05, 3.63) is 52.2 Å². The second-order valence-corrected chi connectivity index (χ2v) is 6.21. The number of rotatable bonds is 1. The van der Waals surface area contributed by atoms with Gasteiger partial charge in [-0.05, 0) is 29.5 Å². The fourth-order valence-electron chi connectivity index (χ4n) is 3.18. The van der Waals surface area contributed by atoms with E-state index in [4.69, 9.17) is 9.47 Å². The van der Waals surface area contributed by atoms with Gasteiger partial charge in [0, 0.05) is 17.2 Å². The van der Waals surface area contributed by atoms with Crippen LogP contribution in [0.2, 0.25) is 0 Å². The largest absolute Gasteiger partial charge is 0.490 e. The Morgan fingerprint density at radius 1 is 1.11 bits per heavy atom. The van der Waals surface area contributed by atoms with Gasteiger partial charge in [-0.15, -0.1) is 11.3 Å². The van der Waals surface area contributed by atoms with E-state index in [1.807, 2.05) is 0 Å². The molecule has 2 aliphatic rings. The molecular formula is C16H16O2S. The summed E-state index contributed by atoms with van der Waals surface area (Å²) in [6, 6.07) is 12.7. The van der Waals surface area contributed by atoms with Gasteiger partial charge in [0.1, 0.15) is 11.9 Å². The molecule has 4 rings (SSSR count). The zero-order valence-electron chi connectivity index (χ0n) is 10.6. The zero-order valence-corrected chi connectivity index (χ0v) is 11.4. The normalized spacial score (nSPS) is 29.2. The van der Waals surface area contributed by atoms with Crippen LogP contribution in [0, 0.1) is 5.92 Å². The first kappa shape index (κ1) is 11.5. The lowest BCUT2D eigenvalue weighted by Crippen LogP contribution is -2.42. The molecule has 1 saturated heterocycles. The molecule has 0 saturated carbocycles. The van der Waals surface area contributed by atoms with Crippen LogP contribution in [-0.2, 0) is 11.2 Å². The minimum absolute atomic E-state index is 0.201. The van der Waals surface area contributed by atoms with Gasteiger partial charge >= 0.3 is 0 Å². The van der Waals surface area contributed by atoms with E-state index in [0.717, 1.165) is 25.2 Å². The molecule has 0 bridgehead atoms. The summed E-state index contributed by atoms with van der Waals surface area (Å²) in [5.74, 6) is 1.51. The standard InChI is InChI=1S/C16H16O2S/c1-2-5-13-11(4-1)10-12-14(18-13)7-8-17-16(12)15-6-3-9-19-15/h1-6,9,12,14,16H,7-8,10H2/t12-,14+,16-/m1/s1. The van der Waals surface area contributed by atoms with E-state index < -0.39 is 0 Å². The van der Waals surface area contributed by atoms with Gasteiger partial charge in [-0.2, -0.15) is 0 Å². The third kappa shape index (κ3) is 1.97. The van der Waals surface area contributed by atoms with Gasteiger partial charge in [-0.25, -0.2) is 0 Å². The third-order valence-corrected chi connectivity index (χ3v) is 5.03. The minimum atomic E-state index is 0.201. The lowest BCUT2D eigenvalue weighted by molar-refractivity contribution is -0.0904. The molecule has 0 spiro atoms. The Hall–Kier alpha value is -1.32. The summed E-state index contributed by atoms with van der Waals surface area (Å²) < 4.78 is 12.2. The second-order valence-electron chi connectivity index (χ2n) is 5.23. The first-order valence-electron chi connectivity index (χ1n) is 6.81. The van der Waals surface area contributed by atoms with E-state index >= 15 is 0 Å². The predicted molar refractivity (Wildman–Crippen MR) is 75.7 cm³/mol. The average Bonchev–Trinajstić information content (AvgIpc) is 2.98. The van der Waals surface area contributed by atoms with Crippen LogP contribution >= 0.6 is 11.3 Å². The SMILES string of the molecule is c1csc([C@@H]2OCC[C@@H]3Oc4ccccc4C[C@H]32)c1. The van der Waals surface area contributed by atoms with Crippen LogP contribution in [0.15, 0.2) is 41.8 Å². The molecule has 0 unspecified atom stereocenters. The van der Waals surface area contributed by atoms with Crippen molar-refractivity contribution >= 4 is 11.3 Å². The molecule has 0 N–H and O–H groups in total. The molecular weight excluding hydrogens is 256 g/mol. The quantitative estimate of drug-likeness (QED) is 0.785. The van der Waals surface area contributed by atoms with Crippen LogP contribution in [0.3, 0.4) is 0 Å². The summed E-state index contributed by atoms with van der Waals surface area (Å²) in [5.41, 5.74) is 1.32. The molecule has 0 aliphatic carbocycles. The predicted octanol–water partition coefficient (Wildman–Crippen LogP) is 3.83. The van der Waals surface area contributed by atoms with E-state index in [1.54, 1.807) is 11.3 Å². The average molecular weight is 272 g/mol. The highest BCUT2D eigenvalue weighted by atomic mass is 32.1. The zero-order chi connectivity index (χ0) is 12.7. The van der Waals surface area contributed by atoms with Gasteiger partial charge in [0.25, 0.3) is 0 Å². The van der Waals surface area contributed by atoms with Gasteiger partial charge in [-0.3, -0.25) is 0 Å². The summed E-state index contributed by atoms with van der Waals surface area (Å²) in [7, 11) is 0. The van der Waals surface area contributed by atoms with Gasteiger partial charge in [0.15, 0.2) is 0 Å². The van der Waals surface area contributed by atoms with Crippen molar-refractivity contribution in [2.24, 2.45) is 5.92 Å². The van der Waals surface area contributed by atoms with Gasteiger partial charge < -0.3 is 9.47 Å². The van der Waals surface area contributed by atoms with Gasteiger partial charge in [0.05, 0.1) is 12.7 Å². The molecule has 0 amide bonds. The van der Waals surface area contributed by atoms with Gasteiger partial charge in [0.2, 0.25) is 0 Å². The fraction of sp³-hybridized carbons (Fsp3) is 0.375. The van der Waals surface area contributed by atoms with E-state index in [-0.39, 0.29) is 6.10 Å². The third-order valence-electron chi connectivity index (χ3n) is 4.10. The lowest BCUT2D eigenvalue weighted by Gasteiger charge is -2.41. The van der Waals surface area contributed by atoms with Crippen molar-refractivity contribution in [3.63, 3.8) is 0 Å². The summed E-state index contributed by atoms with van der Waals surface area (Å²) >= 11 is 1.79. The van der Waals surface area contributed by atoms with E-state index in [2.05, 4.69) is 41.8 Å². The first-order valence-corrected chi connectivity index (χ1v) is 7.69. The number of hydrogen-bond donors (Lipinski definition) is 0. The highest BCUT2D eigenvalue weighted by Gasteiger charge is 2.40. The molecule has 2 aliphatic heterocycles. The molecule has 19 heavy (non-hydrogen) atoms. The smallest absolute Gasteiger partial charge is 0.122 e. The lowest BCUT2D eigenvalue weighted by atomic mass is 9.83. The van der Waals surface area contributed by atoms with Crippen LogP contribution in [0.25, 0.3) is 0 Å². The highest BCUT2D eigenvalue weighted by molar-refractivity contribution is 7.10. The molecule has 1 aromatic heterocycles. The molecule has 2 nitrogen and oxygen atoms in total. The summed E-state index contributed by atoms with van der Waals surface area (Å²) in [6.45, 7) is 0.798. The highest BCUT2D eigenvalue weighted by Crippen LogP contribution is 2.43. The van der Waals surface area contributed by atoms with E-state index in [9.17, 15) is 0 Å². The molecule has 0 radical (unpaired) electrons. The maximum Gasteiger partial charge on any atom is 0.122 e. The Balaban J connectivity index is 1.68. The second kappa shape index (κ2) is 4.66. The van der Waals surface area contributed by atoms with Crippen molar-refractivity contribution in [2.45, 2.75) is 25.0 Å². The van der Waals surface area contributed by atoms with Crippen molar-refractivity contribution in [1.82, 2.24) is 0 Å². The van der Waals surface area contributed by atoms with Crippen molar-refractivity contribution in [2.75, 3.05) is 6.61 Å². The Labute approximate surface area is 117 Å². The first-order chi connectivity index (χ1) is 9.42. The van der Waals surface area contributed by atoms with Crippen LogP contribution in [-0.4, -0.2) is 12.7 Å². The van der Waals surface area contributed by atoms with Crippen LogP contribution < -0.4 is 4.74 Å². The number of para-hydroxylation sites is 1. The number of benzene rings is 1. The Morgan fingerprint density at radius 3 is 2.95 bits per heavy atom. The number of hydrogen-bond acceptors (Lipinski definition) is 3. The Kier molecular flexibility index (Phi) is 2.82. The molecule has 1 aromatic carbocycles. The molecule has 3 heterocycles. The molecule has 3 heteroatoms. The van der Waals surface area contributed by atoms with Crippen molar-refractivity contribution < 1.29 is 9.47 Å². The monoisotopic (exact) mass is 272 g/mol. The van der Waals surface area contributed by atoms with E-state index in [1.165, 1.54) is 10.4 Å². The summed E-state index contributed by atoms with van der Waals surface area (Å²) in [4.78, 5) is 1.33. The Bertz CT molecular complexity index is 564. The van der Waals surface area contributed by atoms with Crippen LogP contribution in [0.4, 0.5) is 0 Å². The topological polar surface area (TPSA) is 18.5 Å². The van der Waals surface area contributed by atoms with Gasteiger partial charge in [-0.1, -0.05) is 24.3 Å². The molecule has 98 valence electrons. The van der Waals surface area contributed by atoms with Crippen molar-refractivity contribution in [1.29, 1.82) is 0 Å². The summed E-state index contributed by atoms with van der Waals surface area (Å²) in [6.07, 6.45) is 2.56. The fourth-order valence-corrected chi connectivity index (χ4v) is 4.03. The molecule has 2 aromatic rings. The van der Waals surface area contributed by atoms with Crippen molar-refractivity contribution in [3.8, 4) is 5.75 Å². The number of thiophene rings is 1. The van der Waals surface area contributed by atoms with E-state index in [0.29, 0.717) is 12.0 Å². The minimum Gasteiger partial charge on any atom is -0.490 e. The summed E-state index contributed by atoms with van der Waals surface area (Å²) in [5, 5.41) is 2.12. The maximum absolute atomic E-state index is 6.19. The molecule has 1 fully saturated rings. The van der Waals surface area contributed by atoms with Crippen LogP contribution in [0.5, 0.6) is 5.75 Å². The Morgan fingerprint density at radius 2 is 2.05 bits per heavy atom. The van der Waals surface area contributed by atoms with Crippen LogP contribution in [0.1, 0.15) is 23.0 Å². The number of fused-ring (bicyclic) bond motifs is 2.